The van der Waals surface area contributed by atoms with Crippen molar-refractivity contribution in [1.82, 2.24) is 10.6 Å². The lowest BCUT2D eigenvalue weighted by Gasteiger charge is -2.39. The van der Waals surface area contributed by atoms with E-state index >= 15 is 0 Å². The van der Waals surface area contributed by atoms with Crippen molar-refractivity contribution < 1.29 is 0 Å². The average Bonchev–Trinajstić information content (AvgIpc) is 2.42. The SMILES string of the molecule is CCCCCCCCC(NC)C(CC)(CC)NC. The summed E-state index contributed by atoms with van der Waals surface area (Å²) in [5.41, 5.74) is 0.276. The van der Waals surface area contributed by atoms with Crippen molar-refractivity contribution in [2.75, 3.05) is 14.1 Å². The molecule has 0 rings (SSSR count). The highest BCUT2D eigenvalue weighted by Crippen LogP contribution is 2.23. The molecule has 1 unspecified atom stereocenters. The third kappa shape index (κ3) is 5.71. The molecule has 2 heteroatoms. The lowest BCUT2D eigenvalue weighted by Crippen LogP contribution is -2.57. The molecular weight excluding hydrogens is 220 g/mol. The Kier molecular flexibility index (Phi) is 10.8. The van der Waals surface area contributed by atoms with Gasteiger partial charge in [-0.05, 0) is 33.4 Å². The van der Waals surface area contributed by atoms with Gasteiger partial charge in [0.1, 0.15) is 0 Å². The number of likely N-dealkylation sites (N-methyl/N-ethyl adjacent to an activating group) is 2. The summed E-state index contributed by atoms with van der Waals surface area (Å²) in [4.78, 5) is 0. The highest BCUT2D eigenvalue weighted by molar-refractivity contribution is 4.95. The molecule has 0 spiro atoms. The molecule has 0 aromatic carbocycles. The first-order valence-electron chi connectivity index (χ1n) is 8.06. The van der Waals surface area contributed by atoms with Crippen molar-refractivity contribution in [3.8, 4) is 0 Å². The minimum atomic E-state index is 0.276. The summed E-state index contributed by atoms with van der Waals surface area (Å²) in [5.74, 6) is 0. The van der Waals surface area contributed by atoms with E-state index in [2.05, 4.69) is 45.5 Å². The van der Waals surface area contributed by atoms with Gasteiger partial charge in [0, 0.05) is 11.6 Å². The second kappa shape index (κ2) is 10.8. The van der Waals surface area contributed by atoms with Crippen molar-refractivity contribution in [2.45, 2.75) is 90.1 Å². The fraction of sp³-hybridized carbons (Fsp3) is 1.00. The number of unbranched alkanes of at least 4 members (excludes halogenated alkanes) is 5. The Bertz CT molecular complexity index is 168. The van der Waals surface area contributed by atoms with Crippen LogP contribution in [0.5, 0.6) is 0 Å². The molecule has 2 nitrogen and oxygen atoms in total. The lowest BCUT2D eigenvalue weighted by atomic mass is 9.82. The van der Waals surface area contributed by atoms with E-state index in [1.165, 1.54) is 57.8 Å². The molecule has 0 radical (unpaired) electrons. The fourth-order valence-corrected chi connectivity index (χ4v) is 3.10. The van der Waals surface area contributed by atoms with Crippen LogP contribution in [0.25, 0.3) is 0 Å². The van der Waals surface area contributed by atoms with Crippen LogP contribution in [0.2, 0.25) is 0 Å². The van der Waals surface area contributed by atoms with Crippen LogP contribution in [0.15, 0.2) is 0 Å². The monoisotopic (exact) mass is 256 g/mol. The molecule has 0 saturated heterocycles. The first-order valence-corrected chi connectivity index (χ1v) is 8.06. The minimum absolute atomic E-state index is 0.276. The Morgan fingerprint density at radius 2 is 1.39 bits per heavy atom. The summed E-state index contributed by atoms with van der Waals surface area (Å²) >= 11 is 0. The predicted molar refractivity (Wildman–Crippen MR) is 83.2 cm³/mol. The summed E-state index contributed by atoms with van der Waals surface area (Å²) in [6.07, 6.45) is 12.0. The Labute approximate surface area is 115 Å². The lowest BCUT2D eigenvalue weighted by molar-refractivity contribution is 0.222. The van der Waals surface area contributed by atoms with Crippen LogP contribution in [-0.4, -0.2) is 25.7 Å². The molecule has 0 saturated carbocycles. The summed E-state index contributed by atoms with van der Waals surface area (Å²) in [6, 6.07) is 0.601. The predicted octanol–water partition coefficient (Wildman–Crippen LogP) is 4.10. The van der Waals surface area contributed by atoms with Crippen LogP contribution < -0.4 is 10.6 Å². The van der Waals surface area contributed by atoms with Crippen molar-refractivity contribution in [3.63, 3.8) is 0 Å². The highest BCUT2D eigenvalue weighted by Gasteiger charge is 2.32. The van der Waals surface area contributed by atoms with Gasteiger partial charge < -0.3 is 10.6 Å². The zero-order valence-electron chi connectivity index (χ0n) is 13.4. The molecule has 0 aliphatic heterocycles. The van der Waals surface area contributed by atoms with Gasteiger partial charge in [0.15, 0.2) is 0 Å². The quantitative estimate of drug-likeness (QED) is 0.514. The Hall–Kier alpha value is -0.0800. The van der Waals surface area contributed by atoms with Crippen LogP contribution in [0.4, 0.5) is 0 Å². The summed E-state index contributed by atoms with van der Waals surface area (Å²) < 4.78 is 0. The van der Waals surface area contributed by atoms with Crippen LogP contribution in [0.3, 0.4) is 0 Å². The Balaban J connectivity index is 4.01. The zero-order valence-corrected chi connectivity index (χ0v) is 13.4. The van der Waals surface area contributed by atoms with E-state index in [9.17, 15) is 0 Å². The van der Waals surface area contributed by atoms with E-state index in [0.29, 0.717) is 6.04 Å². The van der Waals surface area contributed by atoms with E-state index in [4.69, 9.17) is 0 Å². The molecule has 0 heterocycles. The van der Waals surface area contributed by atoms with Gasteiger partial charge in [-0.25, -0.2) is 0 Å². The standard InChI is InChI=1S/C16H36N2/c1-6-9-10-11-12-13-14-15(17-4)16(7-2,8-3)18-5/h15,17-18H,6-14H2,1-5H3. The molecular formula is C16H36N2. The molecule has 2 N–H and O–H groups in total. The zero-order chi connectivity index (χ0) is 13.9. The first-order chi connectivity index (χ1) is 8.70. The van der Waals surface area contributed by atoms with Gasteiger partial charge in [0.25, 0.3) is 0 Å². The maximum Gasteiger partial charge on any atom is 0.0327 e. The molecule has 0 aromatic rings. The largest absolute Gasteiger partial charge is 0.315 e. The van der Waals surface area contributed by atoms with Gasteiger partial charge >= 0.3 is 0 Å². The Morgan fingerprint density at radius 3 is 1.83 bits per heavy atom. The van der Waals surface area contributed by atoms with E-state index in [-0.39, 0.29) is 5.54 Å². The number of hydrogen-bond acceptors (Lipinski definition) is 2. The van der Waals surface area contributed by atoms with Crippen LogP contribution >= 0.6 is 0 Å². The maximum atomic E-state index is 3.56. The molecule has 0 aliphatic carbocycles. The summed E-state index contributed by atoms with van der Waals surface area (Å²) in [7, 11) is 4.22. The van der Waals surface area contributed by atoms with Crippen LogP contribution in [-0.2, 0) is 0 Å². The molecule has 0 amide bonds. The molecule has 110 valence electrons. The summed E-state index contributed by atoms with van der Waals surface area (Å²) in [5, 5.41) is 7.10. The van der Waals surface area contributed by atoms with Crippen LogP contribution in [0, 0.1) is 0 Å². The van der Waals surface area contributed by atoms with Crippen molar-refractivity contribution in [1.29, 1.82) is 0 Å². The van der Waals surface area contributed by atoms with E-state index in [1.54, 1.807) is 0 Å². The smallest absolute Gasteiger partial charge is 0.0327 e. The molecule has 0 fully saturated rings. The van der Waals surface area contributed by atoms with Gasteiger partial charge in [-0.3, -0.25) is 0 Å². The second-order valence-electron chi connectivity index (χ2n) is 5.51. The number of hydrogen-bond donors (Lipinski definition) is 2. The fourth-order valence-electron chi connectivity index (χ4n) is 3.10. The first kappa shape index (κ1) is 17.9. The maximum absolute atomic E-state index is 3.56. The van der Waals surface area contributed by atoms with E-state index < -0.39 is 0 Å². The van der Waals surface area contributed by atoms with Gasteiger partial charge in [0.2, 0.25) is 0 Å². The summed E-state index contributed by atoms with van der Waals surface area (Å²) in [6.45, 7) is 6.87. The minimum Gasteiger partial charge on any atom is -0.315 e. The Morgan fingerprint density at radius 1 is 0.833 bits per heavy atom. The third-order valence-corrected chi connectivity index (χ3v) is 4.62. The van der Waals surface area contributed by atoms with Crippen LogP contribution in [0.1, 0.15) is 78.6 Å². The molecule has 0 aromatic heterocycles. The van der Waals surface area contributed by atoms with Gasteiger partial charge in [0.05, 0.1) is 0 Å². The number of rotatable bonds is 12. The molecule has 1 atom stereocenters. The molecule has 0 aliphatic rings. The molecule has 18 heavy (non-hydrogen) atoms. The second-order valence-corrected chi connectivity index (χ2v) is 5.51. The van der Waals surface area contributed by atoms with Gasteiger partial charge in [-0.1, -0.05) is 59.3 Å². The van der Waals surface area contributed by atoms with Crippen molar-refractivity contribution >= 4 is 0 Å². The molecule has 0 bridgehead atoms. The number of nitrogens with one attached hydrogen (secondary N) is 2. The van der Waals surface area contributed by atoms with Gasteiger partial charge in [-0.15, -0.1) is 0 Å². The normalized spacial score (nSPS) is 13.8. The topological polar surface area (TPSA) is 24.1 Å². The van der Waals surface area contributed by atoms with E-state index in [0.717, 1.165) is 0 Å². The van der Waals surface area contributed by atoms with Gasteiger partial charge in [-0.2, -0.15) is 0 Å². The highest BCUT2D eigenvalue weighted by atomic mass is 15.0. The third-order valence-electron chi connectivity index (χ3n) is 4.62. The van der Waals surface area contributed by atoms with Crippen molar-refractivity contribution in [2.24, 2.45) is 0 Å². The van der Waals surface area contributed by atoms with Crippen molar-refractivity contribution in [3.05, 3.63) is 0 Å². The average molecular weight is 256 g/mol. The van der Waals surface area contributed by atoms with E-state index in [1.807, 2.05) is 0 Å².